The summed E-state index contributed by atoms with van der Waals surface area (Å²) in [6, 6.07) is 8.84. The zero-order valence-corrected chi connectivity index (χ0v) is 13.7. The average molecular weight is 297 g/mol. The molecule has 0 saturated carbocycles. The fraction of sp³-hybridized carbons (Fsp3) is 0.625. The van der Waals surface area contributed by atoms with Gasteiger partial charge in [-0.3, -0.25) is 0 Å². The van der Waals surface area contributed by atoms with Crippen LogP contribution in [0.5, 0.6) is 5.75 Å². The highest BCUT2D eigenvalue weighted by Crippen LogP contribution is 2.21. The van der Waals surface area contributed by atoms with E-state index in [4.69, 9.17) is 9.47 Å². The summed E-state index contributed by atoms with van der Waals surface area (Å²) in [5.74, 6) is 3.18. The zero-order chi connectivity index (χ0) is 14.6. The molecule has 0 fully saturated rings. The Morgan fingerprint density at radius 2 is 1.95 bits per heavy atom. The lowest BCUT2D eigenvalue weighted by atomic mass is 10.1. The molecule has 0 heterocycles. The van der Waals surface area contributed by atoms with E-state index in [1.165, 1.54) is 5.56 Å². The number of hydrogen-bond donors (Lipinski definition) is 1. The van der Waals surface area contributed by atoms with Crippen molar-refractivity contribution in [2.45, 2.75) is 26.3 Å². The Bertz CT molecular complexity index is 343. The molecule has 3 nitrogen and oxygen atoms in total. The molecule has 0 aliphatic rings. The van der Waals surface area contributed by atoms with E-state index in [9.17, 15) is 0 Å². The topological polar surface area (TPSA) is 30.5 Å². The van der Waals surface area contributed by atoms with Gasteiger partial charge in [-0.2, -0.15) is 11.8 Å². The maximum absolute atomic E-state index is 5.49. The van der Waals surface area contributed by atoms with Crippen LogP contribution < -0.4 is 10.1 Å². The first kappa shape index (κ1) is 17.3. The summed E-state index contributed by atoms with van der Waals surface area (Å²) in [5, 5.41) is 3.55. The van der Waals surface area contributed by atoms with Gasteiger partial charge in [0.15, 0.2) is 0 Å². The molecule has 0 saturated heterocycles. The van der Waals surface area contributed by atoms with Crippen molar-refractivity contribution < 1.29 is 9.47 Å². The number of benzene rings is 1. The molecule has 0 aliphatic carbocycles. The first-order chi connectivity index (χ1) is 9.81. The van der Waals surface area contributed by atoms with Gasteiger partial charge in [-0.15, -0.1) is 0 Å². The molecule has 1 atom stereocenters. The minimum atomic E-state index is 0.406. The monoisotopic (exact) mass is 297 g/mol. The molecule has 0 bridgehead atoms. The first-order valence-electron chi connectivity index (χ1n) is 7.34. The molecule has 1 N–H and O–H groups in total. The van der Waals surface area contributed by atoms with Crippen LogP contribution >= 0.6 is 11.8 Å². The van der Waals surface area contributed by atoms with Gasteiger partial charge in [-0.05, 0) is 43.3 Å². The van der Waals surface area contributed by atoms with Crippen molar-refractivity contribution in [3.63, 3.8) is 0 Å². The number of hydrogen-bond acceptors (Lipinski definition) is 4. The van der Waals surface area contributed by atoms with E-state index < -0.39 is 0 Å². The third-order valence-corrected chi connectivity index (χ3v) is 4.11. The van der Waals surface area contributed by atoms with E-state index in [0.29, 0.717) is 12.6 Å². The van der Waals surface area contributed by atoms with Crippen LogP contribution in [-0.4, -0.2) is 38.4 Å². The maximum atomic E-state index is 5.49. The molecule has 0 spiro atoms. The Morgan fingerprint density at radius 1 is 1.20 bits per heavy atom. The second-order valence-electron chi connectivity index (χ2n) is 4.53. The molecule has 0 amide bonds. The standard InChI is InChI=1S/C16H27NO2S/c1-4-17-16(13-20-12-6-11-18-3)14-7-9-15(10-8-14)19-5-2/h7-10,16-17H,4-6,11-13H2,1-3H3. The van der Waals surface area contributed by atoms with E-state index in [1.807, 2.05) is 18.7 Å². The highest BCUT2D eigenvalue weighted by molar-refractivity contribution is 7.99. The van der Waals surface area contributed by atoms with E-state index in [-0.39, 0.29) is 0 Å². The molecule has 1 aromatic rings. The molecule has 0 radical (unpaired) electrons. The van der Waals surface area contributed by atoms with Gasteiger partial charge in [0.25, 0.3) is 0 Å². The van der Waals surface area contributed by atoms with Gasteiger partial charge in [0.1, 0.15) is 5.75 Å². The Hall–Kier alpha value is -0.710. The van der Waals surface area contributed by atoms with Crippen LogP contribution in [0.2, 0.25) is 0 Å². The minimum absolute atomic E-state index is 0.406. The van der Waals surface area contributed by atoms with Crippen molar-refractivity contribution in [1.29, 1.82) is 0 Å². The third kappa shape index (κ3) is 6.64. The largest absolute Gasteiger partial charge is 0.494 e. The van der Waals surface area contributed by atoms with Crippen molar-refractivity contribution in [1.82, 2.24) is 5.32 Å². The number of ether oxygens (including phenoxy) is 2. The van der Waals surface area contributed by atoms with Gasteiger partial charge >= 0.3 is 0 Å². The van der Waals surface area contributed by atoms with Crippen molar-refractivity contribution in [3.05, 3.63) is 29.8 Å². The maximum Gasteiger partial charge on any atom is 0.119 e. The highest BCUT2D eigenvalue weighted by atomic mass is 32.2. The molecule has 1 rings (SSSR count). The van der Waals surface area contributed by atoms with Crippen LogP contribution in [0.15, 0.2) is 24.3 Å². The minimum Gasteiger partial charge on any atom is -0.494 e. The van der Waals surface area contributed by atoms with Crippen molar-refractivity contribution >= 4 is 11.8 Å². The molecule has 4 heteroatoms. The van der Waals surface area contributed by atoms with E-state index in [0.717, 1.165) is 36.8 Å². The third-order valence-electron chi connectivity index (χ3n) is 2.97. The smallest absolute Gasteiger partial charge is 0.119 e. The Labute approximate surface area is 127 Å². The number of thioether (sulfide) groups is 1. The van der Waals surface area contributed by atoms with Crippen LogP contribution in [-0.2, 0) is 4.74 Å². The molecular weight excluding hydrogens is 270 g/mol. The van der Waals surface area contributed by atoms with Gasteiger partial charge in [0, 0.05) is 25.5 Å². The quantitative estimate of drug-likeness (QED) is 0.633. The summed E-state index contributed by atoms with van der Waals surface area (Å²) in [4.78, 5) is 0. The number of methoxy groups -OCH3 is 1. The average Bonchev–Trinajstić information content (AvgIpc) is 2.47. The van der Waals surface area contributed by atoms with Crippen molar-refractivity contribution in [2.75, 3.05) is 38.4 Å². The van der Waals surface area contributed by atoms with Gasteiger partial charge in [0.05, 0.1) is 6.61 Å². The van der Waals surface area contributed by atoms with Gasteiger partial charge in [-0.1, -0.05) is 19.1 Å². The fourth-order valence-corrected chi connectivity index (χ4v) is 3.02. The summed E-state index contributed by atoms with van der Waals surface area (Å²) in [7, 11) is 1.76. The van der Waals surface area contributed by atoms with Crippen LogP contribution in [0.1, 0.15) is 31.9 Å². The summed E-state index contributed by atoms with van der Waals surface area (Å²) in [5.41, 5.74) is 1.33. The zero-order valence-electron chi connectivity index (χ0n) is 12.9. The predicted octanol–water partition coefficient (Wildman–Crippen LogP) is 3.51. The molecule has 1 aromatic carbocycles. The lowest BCUT2D eigenvalue weighted by molar-refractivity contribution is 0.200. The second-order valence-corrected chi connectivity index (χ2v) is 5.68. The van der Waals surface area contributed by atoms with Gasteiger partial charge in [0.2, 0.25) is 0 Å². The predicted molar refractivity (Wildman–Crippen MR) is 87.8 cm³/mol. The number of rotatable bonds is 11. The highest BCUT2D eigenvalue weighted by Gasteiger charge is 2.10. The Balaban J connectivity index is 2.47. The molecule has 1 unspecified atom stereocenters. The second kappa shape index (κ2) is 11.0. The van der Waals surface area contributed by atoms with E-state index in [2.05, 4.69) is 36.5 Å². The van der Waals surface area contributed by atoms with Crippen LogP contribution in [0.25, 0.3) is 0 Å². The van der Waals surface area contributed by atoms with Crippen LogP contribution in [0, 0.1) is 0 Å². The normalized spacial score (nSPS) is 12.3. The lowest BCUT2D eigenvalue weighted by Crippen LogP contribution is -2.23. The summed E-state index contributed by atoms with van der Waals surface area (Å²) >= 11 is 1.98. The van der Waals surface area contributed by atoms with E-state index >= 15 is 0 Å². The lowest BCUT2D eigenvalue weighted by Gasteiger charge is -2.18. The van der Waals surface area contributed by atoms with Crippen LogP contribution in [0.3, 0.4) is 0 Å². The summed E-state index contributed by atoms with van der Waals surface area (Å²) in [6.07, 6.45) is 1.11. The number of nitrogens with one attached hydrogen (secondary N) is 1. The molecule has 20 heavy (non-hydrogen) atoms. The van der Waals surface area contributed by atoms with Crippen molar-refractivity contribution in [2.24, 2.45) is 0 Å². The Kier molecular flexibility index (Phi) is 9.54. The van der Waals surface area contributed by atoms with Crippen LogP contribution in [0.4, 0.5) is 0 Å². The molecule has 0 aromatic heterocycles. The summed E-state index contributed by atoms with van der Waals surface area (Å²) in [6.45, 7) is 6.70. The Morgan fingerprint density at radius 3 is 2.55 bits per heavy atom. The fourth-order valence-electron chi connectivity index (χ4n) is 1.99. The molecule has 114 valence electrons. The first-order valence-corrected chi connectivity index (χ1v) is 8.50. The van der Waals surface area contributed by atoms with Gasteiger partial charge in [-0.25, -0.2) is 0 Å². The SMILES string of the molecule is CCNC(CSCCCOC)c1ccc(OCC)cc1. The van der Waals surface area contributed by atoms with Crippen molar-refractivity contribution in [3.8, 4) is 5.75 Å². The van der Waals surface area contributed by atoms with E-state index in [1.54, 1.807) is 7.11 Å². The molecular formula is C16H27NO2S. The van der Waals surface area contributed by atoms with Gasteiger partial charge < -0.3 is 14.8 Å². The molecule has 0 aliphatic heterocycles. The summed E-state index contributed by atoms with van der Waals surface area (Å²) < 4.78 is 10.6.